The van der Waals surface area contributed by atoms with Crippen molar-refractivity contribution >= 4 is 40.0 Å². The standard InChI is InChI=1S/C8H5Cl3O2/c9-5-2-1-3-6(8(5)11)13-4-7(10)12/h1-3H,4H2. The Morgan fingerprint density at radius 2 is 2.08 bits per heavy atom. The van der Waals surface area contributed by atoms with Crippen molar-refractivity contribution in [3.05, 3.63) is 28.2 Å². The van der Waals surface area contributed by atoms with E-state index in [9.17, 15) is 4.79 Å². The molecule has 0 bridgehead atoms. The molecule has 70 valence electrons. The molecule has 0 saturated carbocycles. The first kappa shape index (κ1) is 10.6. The van der Waals surface area contributed by atoms with E-state index >= 15 is 0 Å². The molecule has 0 heterocycles. The molecule has 0 fully saturated rings. The molecule has 0 unspecified atom stereocenters. The van der Waals surface area contributed by atoms with Gasteiger partial charge in [-0.15, -0.1) is 0 Å². The maximum absolute atomic E-state index is 10.4. The van der Waals surface area contributed by atoms with Gasteiger partial charge in [-0.3, -0.25) is 4.79 Å². The Balaban J connectivity index is 2.77. The van der Waals surface area contributed by atoms with Crippen molar-refractivity contribution in [2.75, 3.05) is 6.61 Å². The van der Waals surface area contributed by atoms with Crippen LogP contribution in [-0.2, 0) is 4.79 Å². The Morgan fingerprint density at radius 1 is 1.38 bits per heavy atom. The van der Waals surface area contributed by atoms with E-state index in [2.05, 4.69) is 0 Å². The van der Waals surface area contributed by atoms with Gasteiger partial charge in [0.1, 0.15) is 10.8 Å². The van der Waals surface area contributed by atoms with E-state index in [1.807, 2.05) is 0 Å². The van der Waals surface area contributed by atoms with E-state index in [0.717, 1.165) is 0 Å². The topological polar surface area (TPSA) is 26.3 Å². The zero-order valence-electron chi connectivity index (χ0n) is 6.39. The summed E-state index contributed by atoms with van der Waals surface area (Å²) in [6.45, 7) is -0.221. The lowest BCUT2D eigenvalue weighted by Gasteiger charge is -2.05. The summed E-state index contributed by atoms with van der Waals surface area (Å²) in [5, 5.41) is 0.0688. The highest BCUT2D eigenvalue weighted by atomic mass is 35.5. The Morgan fingerprint density at radius 3 is 2.69 bits per heavy atom. The molecule has 0 saturated heterocycles. The molecule has 13 heavy (non-hydrogen) atoms. The summed E-state index contributed by atoms with van der Waals surface area (Å²) in [5.41, 5.74) is 0. The maximum atomic E-state index is 10.4. The van der Waals surface area contributed by atoms with Crippen LogP contribution in [0.5, 0.6) is 5.75 Å². The molecule has 0 aliphatic heterocycles. The molecule has 0 N–H and O–H groups in total. The van der Waals surface area contributed by atoms with Gasteiger partial charge in [0.15, 0.2) is 6.61 Å². The van der Waals surface area contributed by atoms with E-state index in [1.165, 1.54) is 0 Å². The van der Waals surface area contributed by atoms with Crippen molar-refractivity contribution in [2.24, 2.45) is 0 Å². The lowest BCUT2D eigenvalue weighted by Crippen LogP contribution is -2.04. The van der Waals surface area contributed by atoms with Crippen molar-refractivity contribution in [1.29, 1.82) is 0 Å². The van der Waals surface area contributed by atoms with Crippen LogP contribution in [0.15, 0.2) is 18.2 Å². The van der Waals surface area contributed by atoms with E-state index in [-0.39, 0.29) is 11.6 Å². The summed E-state index contributed by atoms with van der Waals surface area (Å²) in [7, 11) is 0. The summed E-state index contributed by atoms with van der Waals surface area (Å²) in [4.78, 5) is 10.4. The minimum Gasteiger partial charge on any atom is -0.483 e. The predicted octanol–water partition coefficient (Wildman–Crippen LogP) is 3.14. The fourth-order valence-electron chi connectivity index (χ4n) is 0.730. The van der Waals surface area contributed by atoms with Gasteiger partial charge in [-0.05, 0) is 23.7 Å². The molecule has 0 amide bonds. The zero-order chi connectivity index (χ0) is 9.84. The highest BCUT2D eigenvalue weighted by Crippen LogP contribution is 2.31. The van der Waals surface area contributed by atoms with Gasteiger partial charge in [-0.1, -0.05) is 29.3 Å². The van der Waals surface area contributed by atoms with Crippen LogP contribution in [0.4, 0.5) is 0 Å². The third-order valence-electron chi connectivity index (χ3n) is 1.26. The highest BCUT2D eigenvalue weighted by Gasteiger charge is 2.06. The highest BCUT2D eigenvalue weighted by molar-refractivity contribution is 6.63. The van der Waals surface area contributed by atoms with E-state index in [0.29, 0.717) is 10.8 Å². The van der Waals surface area contributed by atoms with Crippen LogP contribution < -0.4 is 4.74 Å². The van der Waals surface area contributed by atoms with Crippen molar-refractivity contribution in [3.63, 3.8) is 0 Å². The smallest absolute Gasteiger partial charge is 0.259 e. The third-order valence-corrected chi connectivity index (χ3v) is 2.17. The van der Waals surface area contributed by atoms with Crippen molar-refractivity contribution < 1.29 is 9.53 Å². The molecule has 2 nitrogen and oxygen atoms in total. The van der Waals surface area contributed by atoms with Crippen LogP contribution in [0.25, 0.3) is 0 Å². The second-order valence-corrected chi connectivity index (χ2v) is 3.40. The van der Waals surface area contributed by atoms with Crippen LogP contribution in [0, 0.1) is 0 Å². The lowest BCUT2D eigenvalue weighted by molar-refractivity contribution is -0.113. The molecule has 0 spiro atoms. The van der Waals surface area contributed by atoms with Gasteiger partial charge < -0.3 is 4.74 Å². The Bertz CT molecular complexity index is 325. The molecule has 1 aromatic carbocycles. The third kappa shape index (κ3) is 3.07. The van der Waals surface area contributed by atoms with Gasteiger partial charge in [-0.2, -0.15) is 0 Å². The molecule has 0 radical (unpaired) electrons. The maximum Gasteiger partial charge on any atom is 0.259 e. The average molecular weight is 239 g/mol. The number of benzene rings is 1. The summed E-state index contributed by atoms with van der Waals surface area (Å²) in [6.07, 6.45) is 0. The summed E-state index contributed by atoms with van der Waals surface area (Å²) >= 11 is 16.5. The first-order chi connectivity index (χ1) is 6.11. The molecule has 0 atom stereocenters. The molecule has 1 rings (SSSR count). The molecule has 5 heteroatoms. The Hall–Kier alpha value is -0.440. The minimum atomic E-state index is -0.587. The summed E-state index contributed by atoms with van der Waals surface area (Å²) < 4.78 is 4.98. The van der Waals surface area contributed by atoms with Crippen LogP contribution >= 0.6 is 34.8 Å². The largest absolute Gasteiger partial charge is 0.483 e. The average Bonchev–Trinajstić information content (AvgIpc) is 2.07. The van der Waals surface area contributed by atoms with Crippen molar-refractivity contribution in [2.45, 2.75) is 0 Å². The number of carbonyl (C=O) groups excluding carboxylic acids is 1. The Labute approximate surface area is 90.3 Å². The lowest BCUT2D eigenvalue weighted by atomic mass is 10.3. The molecule has 1 aromatic rings. The van der Waals surface area contributed by atoms with Gasteiger partial charge in [0.25, 0.3) is 5.24 Å². The van der Waals surface area contributed by atoms with Gasteiger partial charge in [0.05, 0.1) is 5.02 Å². The first-order valence-corrected chi connectivity index (χ1v) is 4.50. The first-order valence-electron chi connectivity index (χ1n) is 3.36. The van der Waals surface area contributed by atoms with Crippen molar-refractivity contribution in [1.82, 2.24) is 0 Å². The SMILES string of the molecule is O=C(Cl)COc1cccc(Cl)c1Cl. The van der Waals surface area contributed by atoms with Gasteiger partial charge in [0.2, 0.25) is 0 Å². The zero-order valence-corrected chi connectivity index (χ0v) is 8.66. The van der Waals surface area contributed by atoms with Gasteiger partial charge in [0, 0.05) is 0 Å². The van der Waals surface area contributed by atoms with E-state index < -0.39 is 5.24 Å². The molecule has 0 aromatic heterocycles. The second kappa shape index (κ2) is 4.70. The molecule has 0 aliphatic carbocycles. The van der Waals surface area contributed by atoms with Gasteiger partial charge in [-0.25, -0.2) is 0 Å². The quantitative estimate of drug-likeness (QED) is 0.758. The van der Waals surface area contributed by atoms with E-state index in [1.54, 1.807) is 18.2 Å². The van der Waals surface area contributed by atoms with E-state index in [4.69, 9.17) is 39.5 Å². The van der Waals surface area contributed by atoms with Crippen LogP contribution in [-0.4, -0.2) is 11.8 Å². The minimum absolute atomic E-state index is 0.221. The fraction of sp³-hybridized carbons (Fsp3) is 0.125. The fourth-order valence-corrected chi connectivity index (χ4v) is 1.13. The Kier molecular flexibility index (Phi) is 3.85. The van der Waals surface area contributed by atoms with Crippen LogP contribution in [0.2, 0.25) is 10.0 Å². The predicted molar refractivity (Wildman–Crippen MR) is 52.8 cm³/mol. The molecular weight excluding hydrogens is 234 g/mol. The number of carbonyl (C=O) groups is 1. The van der Waals surface area contributed by atoms with Crippen LogP contribution in [0.3, 0.4) is 0 Å². The number of hydrogen-bond donors (Lipinski definition) is 0. The summed E-state index contributed by atoms with van der Waals surface area (Å²) in [6, 6.07) is 4.90. The van der Waals surface area contributed by atoms with Gasteiger partial charge >= 0.3 is 0 Å². The number of halogens is 3. The molecular formula is C8H5Cl3O2. The van der Waals surface area contributed by atoms with Crippen molar-refractivity contribution in [3.8, 4) is 5.75 Å². The summed E-state index contributed by atoms with van der Waals surface area (Å²) in [5.74, 6) is 0.350. The number of ether oxygens (including phenoxy) is 1. The number of rotatable bonds is 3. The monoisotopic (exact) mass is 238 g/mol. The number of hydrogen-bond acceptors (Lipinski definition) is 2. The van der Waals surface area contributed by atoms with Crippen LogP contribution in [0.1, 0.15) is 0 Å². The second-order valence-electron chi connectivity index (χ2n) is 2.20. The normalized spacial score (nSPS) is 9.77. The molecule has 0 aliphatic rings.